The van der Waals surface area contributed by atoms with Crippen molar-refractivity contribution in [2.75, 3.05) is 14.2 Å². The molecular formula is C12H20N4O3S. The predicted octanol–water partition coefficient (Wildman–Crippen LogP) is 0.367. The zero-order valence-corrected chi connectivity index (χ0v) is 12.7. The van der Waals surface area contributed by atoms with Crippen LogP contribution < -0.4 is 11.0 Å². The van der Waals surface area contributed by atoms with E-state index in [1.807, 2.05) is 6.92 Å². The van der Waals surface area contributed by atoms with Crippen molar-refractivity contribution in [3.63, 3.8) is 0 Å². The van der Waals surface area contributed by atoms with E-state index in [1.165, 1.54) is 7.11 Å². The largest absolute Gasteiger partial charge is 0.468 e. The Kier molecular flexibility index (Phi) is 4.54. The Labute approximate surface area is 121 Å². The maximum Gasteiger partial charge on any atom is 0.343 e. The number of ether oxygens (including phenoxy) is 1. The highest BCUT2D eigenvalue weighted by Crippen LogP contribution is 2.39. The molecule has 2 unspecified atom stereocenters. The summed E-state index contributed by atoms with van der Waals surface area (Å²) < 4.78 is 6.49. The van der Waals surface area contributed by atoms with Crippen LogP contribution in [0, 0.1) is 0 Å². The molecule has 0 bridgehead atoms. The summed E-state index contributed by atoms with van der Waals surface area (Å²) in [5.41, 5.74) is -0.805. The van der Waals surface area contributed by atoms with Crippen molar-refractivity contribution in [2.24, 2.45) is 0 Å². The number of carbonyl (C=O) groups is 1. The van der Waals surface area contributed by atoms with Crippen molar-refractivity contribution >= 4 is 17.7 Å². The molecule has 0 aliphatic heterocycles. The van der Waals surface area contributed by atoms with Crippen LogP contribution >= 0.6 is 11.8 Å². The molecule has 2 N–H and O–H groups in total. The van der Waals surface area contributed by atoms with Crippen molar-refractivity contribution in [3.05, 3.63) is 10.5 Å². The number of esters is 1. The lowest BCUT2D eigenvalue weighted by atomic mass is 9.98. The van der Waals surface area contributed by atoms with Gasteiger partial charge in [0.15, 0.2) is 5.16 Å². The lowest BCUT2D eigenvalue weighted by molar-refractivity contribution is -0.148. The molecule has 0 radical (unpaired) electrons. The van der Waals surface area contributed by atoms with Crippen molar-refractivity contribution in [2.45, 2.75) is 48.7 Å². The molecule has 2 atom stereocenters. The lowest BCUT2D eigenvalue weighted by Gasteiger charge is -2.25. The fraction of sp³-hybridized carbons (Fsp3) is 0.750. The lowest BCUT2D eigenvalue weighted by Crippen LogP contribution is -2.49. The standard InChI is InChI=1S/C12H20N4O3S/c1-4-16-10(18)14-15-11(16)20-8-5-6-12(7-8,13-2)9(17)19-3/h8,13H,4-7H2,1-3H3,(H,14,18). The minimum atomic E-state index is -0.611. The Morgan fingerprint density at radius 3 is 3.05 bits per heavy atom. The number of likely N-dealkylation sites (N-methyl/N-ethyl adjacent to an activating group) is 1. The molecule has 0 amide bonds. The molecule has 1 saturated carbocycles. The number of thioether (sulfide) groups is 1. The molecule has 7 nitrogen and oxygen atoms in total. The minimum absolute atomic E-state index is 0.194. The van der Waals surface area contributed by atoms with Crippen LogP contribution in [0.15, 0.2) is 9.95 Å². The van der Waals surface area contributed by atoms with Crippen molar-refractivity contribution in [1.29, 1.82) is 0 Å². The number of aromatic amines is 1. The third-order valence-electron chi connectivity index (χ3n) is 3.84. The van der Waals surface area contributed by atoms with Crippen LogP contribution in [0.1, 0.15) is 26.2 Å². The molecule has 8 heteroatoms. The Morgan fingerprint density at radius 2 is 2.45 bits per heavy atom. The van der Waals surface area contributed by atoms with Gasteiger partial charge in [-0.1, -0.05) is 11.8 Å². The van der Waals surface area contributed by atoms with Gasteiger partial charge in [0.1, 0.15) is 5.54 Å². The Hall–Kier alpha value is -1.28. The molecule has 20 heavy (non-hydrogen) atoms. The molecule has 1 aliphatic carbocycles. The van der Waals surface area contributed by atoms with Crippen LogP contribution in [0.4, 0.5) is 0 Å². The highest BCUT2D eigenvalue weighted by atomic mass is 32.2. The Bertz CT molecular complexity index is 541. The monoisotopic (exact) mass is 300 g/mol. The normalized spacial score (nSPS) is 25.9. The van der Waals surface area contributed by atoms with Gasteiger partial charge in [-0.25, -0.2) is 9.89 Å². The van der Waals surface area contributed by atoms with Gasteiger partial charge in [-0.3, -0.25) is 9.36 Å². The number of aromatic nitrogens is 3. The van der Waals surface area contributed by atoms with E-state index in [1.54, 1.807) is 23.4 Å². The summed E-state index contributed by atoms with van der Waals surface area (Å²) in [6.07, 6.45) is 2.28. The third-order valence-corrected chi connectivity index (χ3v) is 5.09. The average molecular weight is 300 g/mol. The second kappa shape index (κ2) is 6.01. The molecule has 0 spiro atoms. The smallest absolute Gasteiger partial charge is 0.343 e. The van der Waals surface area contributed by atoms with Crippen LogP contribution in [0.5, 0.6) is 0 Å². The number of nitrogens with zero attached hydrogens (tertiary/aromatic N) is 2. The molecule has 0 saturated heterocycles. The number of hydrogen-bond donors (Lipinski definition) is 2. The van der Waals surface area contributed by atoms with Crippen molar-refractivity contribution < 1.29 is 9.53 Å². The first kappa shape index (κ1) is 15.1. The summed E-state index contributed by atoms with van der Waals surface area (Å²) >= 11 is 1.54. The first-order valence-corrected chi connectivity index (χ1v) is 7.53. The highest BCUT2D eigenvalue weighted by molar-refractivity contribution is 7.99. The van der Waals surface area contributed by atoms with E-state index in [0.29, 0.717) is 18.1 Å². The summed E-state index contributed by atoms with van der Waals surface area (Å²) in [5.74, 6) is -0.224. The summed E-state index contributed by atoms with van der Waals surface area (Å²) in [6, 6.07) is 0. The van der Waals surface area contributed by atoms with Crippen LogP contribution in [-0.2, 0) is 16.1 Å². The summed E-state index contributed by atoms with van der Waals surface area (Å²) in [4.78, 5) is 23.4. The molecule has 1 heterocycles. The summed E-state index contributed by atoms with van der Waals surface area (Å²) in [5, 5.41) is 10.5. The van der Waals surface area contributed by atoms with Crippen LogP contribution in [-0.4, -0.2) is 45.7 Å². The van der Waals surface area contributed by atoms with Crippen molar-refractivity contribution in [3.8, 4) is 0 Å². The van der Waals surface area contributed by atoms with Gasteiger partial charge in [-0.05, 0) is 33.2 Å². The number of methoxy groups -OCH3 is 1. The maximum atomic E-state index is 11.9. The van der Waals surface area contributed by atoms with E-state index in [0.717, 1.165) is 12.8 Å². The fourth-order valence-electron chi connectivity index (χ4n) is 2.63. The topological polar surface area (TPSA) is 89.0 Å². The van der Waals surface area contributed by atoms with Gasteiger partial charge in [-0.2, -0.15) is 0 Å². The van der Waals surface area contributed by atoms with Crippen LogP contribution in [0.3, 0.4) is 0 Å². The van der Waals surface area contributed by atoms with Crippen LogP contribution in [0.2, 0.25) is 0 Å². The van der Waals surface area contributed by atoms with E-state index in [9.17, 15) is 9.59 Å². The SMILES string of the molecule is CCn1c(SC2CCC(NC)(C(=O)OC)C2)n[nH]c1=O. The van der Waals surface area contributed by atoms with Gasteiger partial charge in [0.25, 0.3) is 0 Å². The van der Waals surface area contributed by atoms with Gasteiger partial charge in [-0.15, -0.1) is 5.10 Å². The minimum Gasteiger partial charge on any atom is -0.468 e. The van der Waals surface area contributed by atoms with Gasteiger partial charge in [0.05, 0.1) is 7.11 Å². The number of hydrogen-bond acceptors (Lipinski definition) is 6. The molecular weight excluding hydrogens is 280 g/mol. The first-order valence-electron chi connectivity index (χ1n) is 6.65. The first-order chi connectivity index (χ1) is 9.56. The van der Waals surface area contributed by atoms with Crippen molar-refractivity contribution in [1.82, 2.24) is 20.1 Å². The second-order valence-corrected chi connectivity index (χ2v) is 6.13. The van der Waals surface area contributed by atoms with Gasteiger partial charge in [0.2, 0.25) is 0 Å². The molecule has 112 valence electrons. The number of carbonyl (C=O) groups excluding carboxylic acids is 1. The molecule has 2 rings (SSSR count). The number of rotatable bonds is 5. The Morgan fingerprint density at radius 1 is 1.70 bits per heavy atom. The van der Waals surface area contributed by atoms with Crippen LogP contribution in [0.25, 0.3) is 0 Å². The molecule has 1 aromatic heterocycles. The zero-order chi connectivity index (χ0) is 14.8. The van der Waals surface area contributed by atoms with E-state index < -0.39 is 5.54 Å². The Balaban J connectivity index is 2.10. The molecule has 1 fully saturated rings. The third kappa shape index (κ3) is 2.62. The molecule has 1 aliphatic rings. The summed E-state index contributed by atoms with van der Waals surface area (Å²) in [7, 11) is 3.19. The van der Waals surface area contributed by atoms with Gasteiger partial charge >= 0.3 is 11.7 Å². The van der Waals surface area contributed by atoms with E-state index in [2.05, 4.69) is 15.5 Å². The van der Waals surface area contributed by atoms with E-state index in [4.69, 9.17) is 4.74 Å². The van der Waals surface area contributed by atoms with E-state index in [-0.39, 0.29) is 16.9 Å². The average Bonchev–Trinajstić information content (AvgIpc) is 3.03. The fourth-order valence-corrected chi connectivity index (χ4v) is 3.97. The van der Waals surface area contributed by atoms with Gasteiger partial charge < -0.3 is 10.1 Å². The predicted molar refractivity (Wildman–Crippen MR) is 75.8 cm³/mol. The van der Waals surface area contributed by atoms with Gasteiger partial charge in [0, 0.05) is 11.8 Å². The molecule has 1 aromatic rings. The number of H-pyrrole nitrogens is 1. The second-order valence-electron chi connectivity index (χ2n) is 4.86. The molecule has 0 aromatic carbocycles. The zero-order valence-electron chi connectivity index (χ0n) is 11.9. The van der Waals surface area contributed by atoms with E-state index >= 15 is 0 Å². The maximum absolute atomic E-state index is 11.9. The summed E-state index contributed by atoms with van der Waals surface area (Å²) in [6.45, 7) is 2.49. The highest BCUT2D eigenvalue weighted by Gasteiger charge is 2.45. The quantitative estimate of drug-likeness (QED) is 0.764. The number of nitrogens with one attached hydrogen (secondary N) is 2.